The highest BCUT2D eigenvalue weighted by atomic mass is 16.3. The average molecular weight is 650 g/mol. The molecule has 0 radical (unpaired) electrons. The molecule has 0 bridgehead atoms. The second-order valence-corrected chi connectivity index (χ2v) is 13.2. The Labute approximate surface area is 295 Å². The van der Waals surface area contributed by atoms with Gasteiger partial charge in [-0.15, -0.1) is 0 Å². The third kappa shape index (κ3) is 5.17. The number of aromatic nitrogens is 1. The zero-order chi connectivity index (χ0) is 33.7. The van der Waals surface area contributed by atoms with Crippen LogP contribution in [0.2, 0.25) is 0 Å². The third-order valence-electron chi connectivity index (χ3n) is 10.1. The Bertz CT molecular complexity index is 2830. The van der Waals surface area contributed by atoms with Crippen molar-refractivity contribution in [3.8, 4) is 55.9 Å². The fourth-order valence-corrected chi connectivity index (χ4v) is 7.49. The van der Waals surface area contributed by atoms with Crippen LogP contribution in [0.15, 0.2) is 192 Å². The van der Waals surface area contributed by atoms with Crippen molar-refractivity contribution in [3.63, 3.8) is 0 Å². The van der Waals surface area contributed by atoms with Gasteiger partial charge in [-0.05, 0) is 91.3 Å². The van der Waals surface area contributed by atoms with Gasteiger partial charge < -0.3 is 4.42 Å². The van der Waals surface area contributed by atoms with E-state index in [0.29, 0.717) is 0 Å². The predicted molar refractivity (Wildman–Crippen MR) is 214 cm³/mol. The van der Waals surface area contributed by atoms with E-state index in [1.165, 1.54) is 32.7 Å². The fraction of sp³-hybridized carbons (Fsp3) is 0. The topological polar surface area (TPSA) is 26.0 Å². The molecule has 0 saturated heterocycles. The summed E-state index contributed by atoms with van der Waals surface area (Å²) < 4.78 is 6.45. The summed E-state index contributed by atoms with van der Waals surface area (Å²) in [6.45, 7) is 0. The van der Waals surface area contributed by atoms with Crippen molar-refractivity contribution < 1.29 is 4.42 Å². The van der Waals surface area contributed by atoms with Crippen LogP contribution in [0.1, 0.15) is 0 Å². The fourth-order valence-electron chi connectivity index (χ4n) is 7.49. The molecule has 0 saturated carbocycles. The van der Waals surface area contributed by atoms with Gasteiger partial charge in [-0.1, -0.05) is 152 Å². The molecular formula is C49H31NO. The maximum absolute atomic E-state index is 6.45. The summed E-state index contributed by atoms with van der Waals surface area (Å²) in [4.78, 5) is 5.25. The largest absolute Gasteiger partial charge is 0.456 e. The lowest BCUT2D eigenvalue weighted by Gasteiger charge is -2.11. The number of nitrogens with zero attached hydrogens (tertiary/aromatic N) is 1. The van der Waals surface area contributed by atoms with Crippen molar-refractivity contribution in [2.45, 2.75) is 0 Å². The first-order chi connectivity index (χ1) is 25.2. The summed E-state index contributed by atoms with van der Waals surface area (Å²) in [5.41, 5.74) is 12.7. The van der Waals surface area contributed by atoms with Gasteiger partial charge in [0.25, 0.3) is 0 Å². The number of pyridine rings is 1. The summed E-state index contributed by atoms with van der Waals surface area (Å²) in [6.07, 6.45) is 0. The van der Waals surface area contributed by atoms with Gasteiger partial charge >= 0.3 is 0 Å². The molecule has 51 heavy (non-hydrogen) atoms. The van der Waals surface area contributed by atoms with E-state index < -0.39 is 0 Å². The maximum atomic E-state index is 6.45. The molecule has 10 aromatic rings. The molecule has 0 unspecified atom stereocenters. The standard InChI is InChI=1S/C49H31NO/c1-3-10-32(11-4-1)40-30-45(36-13-5-2-6-14-36)50-46(31-40)43-16-9-17-48-49(43)44-29-38(25-27-47(44)51-48)34-20-18-33(19-21-34)37-24-26-42-39(28-37)23-22-35-12-7-8-15-41(35)42/h1-31H. The lowest BCUT2D eigenvalue weighted by atomic mass is 9.95. The third-order valence-corrected chi connectivity index (χ3v) is 10.1. The Hall–Kier alpha value is -6.77. The molecule has 0 fully saturated rings. The summed E-state index contributed by atoms with van der Waals surface area (Å²) in [7, 11) is 0. The summed E-state index contributed by atoms with van der Waals surface area (Å²) in [6, 6.07) is 66.8. The first kappa shape index (κ1) is 29.2. The minimum atomic E-state index is 0.854. The first-order valence-electron chi connectivity index (χ1n) is 17.4. The molecular weight excluding hydrogens is 619 g/mol. The van der Waals surface area contributed by atoms with Crippen LogP contribution in [0.3, 0.4) is 0 Å². The van der Waals surface area contributed by atoms with Gasteiger partial charge in [-0.2, -0.15) is 0 Å². The molecule has 2 heteroatoms. The highest BCUT2D eigenvalue weighted by Crippen LogP contribution is 2.40. The van der Waals surface area contributed by atoms with Crippen LogP contribution in [0.5, 0.6) is 0 Å². The van der Waals surface area contributed by atoms with E-state index in [2.05, 4.69) is 182 Å². The SMILES string of the molecule is c1ccc(-c2cc(-c3ccccc3)nc(-c3cccc4oc5ccc(-c6ccc(-c7ccc8c(ccc9ccccc98)c7)cc6)cc5c34)c2)cc1. The first-order valence-corrected chi connectivity index (χ1v) is 17.4. The van der Waals surface area contributed by atoms with Gasteiger partial charge in [0, 0.05) is 21.9 Å². The van der Waals surface area contributed by atoms with E-state index in [1.54, 1.807) is 0 Å². The lowest BCUT2D eigenvalue weighted by molar-refractivity contribution is 0.669. The summed E-state index contributed by atoms with van der Waals surface area (Å²) in [5.74, 6) is 0. The smallest absolute Gasteiger partial charge is 0.136 e. The molecule has 2 heterocycles. The van der Waals surface area contributed by atoms with Crippen molar-refractivity contribution in [1.82, 2.24) is 4.98 Å². The van der Waals surface area contributed by atoms with Crippen molar-refractivity contribution in [3.05, 3.63) is 188 Å². The number of hydrogen-bond donors (Lipinski definition) is 0. The summed E-state index contributed by atoms with van der Waals surface area (Å²) in [5, 5.41) is 7.25. The van der Waals surface area contributed by atoms with Crippen molar-refractivity contribution >= 4 is 43.5 Å². The zero-order valence-corrected chi connectivity index (χ0v) is 27.8. The Morgan fingerprint density at radius 3 is 1.73 bits per heavy atom. The van der Waals surface area contributed by atoms with Crippen LogP contribution in [0.25, 0.3) is 99.4 Å². The van der Waals surface area contributed by atoms with Gasteiger partial charge in [0.05, 0.1) is 11.4 Å². The minimum absolute atomic E-state index is 0.854. The van der Waals surface area contributed by atoms with Crippen LogP contribution in [-0.4, -0.2) is 4.98 Å². The second-order valence-electron chi connectivity index (χ2n) is 13.2. The highest BCUT2D eigenvalue weighted by molar-refractivity contribution is 6.13. The Morgan fingerprint density at radius 1 is 0.314 bits per heavy atom. The Balaban J connectivity index is 1.06. The van der Waals surface area contributed by atoms with E-state index in [-0.39, 0.29) is 0 Å². The van der Waals surface area contributed by atoms with E-state index >= 15 is 0 Å². The molecule has 0 aliphatic heterocycles. The number of benzene rings is 8. The molecule has 10 rings (SSSR count). The van der Waals surface area contributed by atoms with Crippen LogP contribution >= 0.6 is 0 Å². The highest BCUT2D eigenvalue weighted by Gasteiger charge is 2.17. The number of hydrogen-bond acceptors (Lipinski definition) is 2. The Morgan fingerprint density at radius 2 is 0.922 bits per heavy atom. The van der Waals surface area contributed by atoms with Gasteiger partial charge in [0.1, 0.15) is 11.2 Å². The molecule has 0 atom stereocenters. The summed E-state index contributed by atoms with van der Waals surface area (Å²) >= 11 is 0. The molecule has 0 aliphatic carbocycles. The molecule has 0 amide bonds. The van der Waals surface area contributed by atoms with Gasteiger partial charge in [0.15, 0.2) is 0 Å². The molecule has 2 aromatic heterocycles. The van der Waals surface area contributed by atoms with E-state index in [9.17, 15) is 0 Å². The van der Waals surface area contributed by atoms with Gasteiger partial charge in [-0.3, -0.25) is 0 Å². The van der Waals surface area contributed by atoms with Gasteiger partial charge in [-0.25, -0.2) is 4.98 Å². The van der Waals surface area contributed by atoms with Crippen LogP contribution < -0.4 is 0 Å². The van der Waals surface area contributed by atoms with Crippen molar-refractivity contribution in [2.75, 3.05) is 0 Å². The average Bonchev–Trinajstić information content (AvgIpc) is 3.59. The quantitative estimate of drug-likeness (QED) is 0.173. The minimum Gasteiger partial charge on any atom is -0.456 e. The lowest BCUT2D eigenvalue weighted by Crippen LogP contribution is -1.91. The molecule has 8 aromatic carbocycles. The van der Waals surface area contributed by atoms with Crippen LogP contribution in [0.4, 0.5) is 0 Å². The Kier molecular flexibility index (Phi) is 6.85. The van der Waals surface area contributed by atoms with E-state index in [0.717, 1.165) is 66.7 Å². The molecule has 0 N–H and O–H groups in total. The number of furan rings is 1. The molecule has 0 spiro atoms. The molecule has 0 aliphatic rings. The second kappa shape index (κ2) is 12.0. The van der Waals surface area contributed by atoms with Crippen molar-refractivity contribution in [1.29, 1.82) is 0 Å². The molecule has 238 valence electrons. The number of fused-ring (bicyclic) bond motifs is 6. The van der Waals surface area contributed by atoms with E-state index in [1.807, 2.05) is 6.07 Å². The monoisotopic (exact) mass is 649 g/mol. The van der Waals surface area contributed by atoms with Crippen molar-refractivity contribution in [2.24, 2.45) is 0 Å². The van der Waals surface area contributed by atoms with Gasteiger partial charge in [0.2, 0.25) is 0 Å². The van der Waals surface area contributed by atoms with Crippen LogP contribution in [0, 0.1) is 0 Å². The number of rotatable bonds is 5. The molecule has 2 nitrogen and oxygen atoms in total. The predicted octanol–water partition coefficient (Wildman–Crippen LogP) is 13.6. The van der Waals surface area contributed by atoms with Crippen LogP contribution in [-0.2, 0) is 0 Å². The maximum Gasteiger partial charge on any atom is 0.136 e. The zero-order valence-electron chi connectivity index (χ0n) is 27.8. The van der Waals surface area contributed by atoms with E-state index in [4.69, 9.17) is 9.40 Å². The normalized spacial score (nSPS) is 11.5.